The number of halogens is 1. The van der Waals surface area contributed by atoms with Crippen molar-refractivity contribution in [3.63, 3.8) is 0 Å². The Morgan fingerprint density at radius 1 is 1.03 bits per heavy atom. The van der Waals surface area contributed by atoms with Crippen molar-refractivity contribution in [2.45, 2.75) is 56.4 Å². The van der Waals surface area contributed by atoms with E-state index in [0.29, 0.717) is 18.4 Å². The molecule has 1 heterocycles. The average molecular weight is 396 g/mol. The number of carboxylic acid groups (broad SMARTS) is 1. The molecule has 1 N–H and O–H groups in total. The first kappa shape index (κ1) is 20.1. The van der Waals surface area contributed by atoms with E-state index in [-0.39, 0.29) is 11.7 Å². The van der Waals surface area contributed by atoms with Gasteiger partial charge in [0.25, 0.3) is 0 Å². The van der Waals surface area contributed by atoms with Gasteiger partial charge in [0.05, 0.1) is 5.41 Å². The van der Waals surface area contributed by atoms with Crippen molar-refractivity contribution in [2.24, 2.45) is 5.92 Å². The van der Waals surface area contributed by atoms with E-state index in [4.69, 9.17) is 0 Å². The Hall–Kier alpha value is -2.20. The third kappa shape index (κ3) is 3.83. The first-order valence-electron chi connectivity index (χ1n) is 10.8. The van der Waals surface area contributed by atoms with Gasteiger partial charge >= 0.3 is 5.97 Å². The summed E-state index contributed by atoms with van der Waals surface area (Å²) in [6, 6.07) is 17.2. The molecular weight excluding hydrogens is 365 g/mol. The Morgan fingerprint density at radius 2 is 1.69 bits per heavy atom. The number of carbonyl (C=O) groups is 1. The lowest BCUT2D eigenvalue weighted by Crippen LogP contribution is -2.52. The topological polar surface area (TPSA) is 40.5 Å². The van der Waals surface area contributed by atoms with Crippen LogP contribution in [0.1, 0.15) is 56.1 Å². The molecule has 154 valence electrons. The van der Waals surface area contributed by atoms with Gasteiger partial charge in [0.15, 0.2) is 0 Å². The van der Waals surface area contributed by atoms with E-state index in [9.17, 15) is 14.3 Å². The van der Waals surface area contributed by atoms with Crippen LogP contribution in [0.2, 0.25) is 0 Å². The first-order valence-corrected chi connectivity index (χ1v) is 10.8. The summed E-state index contributed by atoms with van der Waals surface area (Å²) in [6.07, 6.45) is 4.70. The lowest BCUT2D eigenvalue weighted by Gasteiger charge is -2.47. The van der Waals surface area contributed by atoms with E-state index in [1.807, 2.05) is 42.5 Å². The SMILES string of the molecule is CC1CC(N2CCC(c3ccc(F)cc3)CC2)CCC1(C(=O)O)c1ccccc1. The maximum atomic E-state index is 13.2. The van der Waals surface area contributed by atoms with Gasteiger partial charge in [0.2, 0.25) is 0 Å². The van der Waals surface area contributed by atoms with Crippen LogP contribution in [-0.2, 0) is 10.2 Å². The Balaban J connectivity index is 1.41. The van der Waals surface area contributed by atoms with Crippen LogP contribution < -0.4 is 0 Å². The number of aliphatic carboxylic acids is 1. The highest BCUT2D eigenvalue weighted by Crippen LogP contribution is 2.46. The summed E-state index contributed by atoms with van der Waals surface area (Å²) in [5, 5.41) is 10.1. The molecule has 2 aliphatic rings. The zero-order valence-corrected chi connectivity index (χ0v) is 17.1. The van der Waals surface area contributed by atoms with Crippen LogP contribution in [-0.4, -0.2) is 35.1 Å². The second-order valence-corrected chi connectivity index (χ2v) is 8.83. The smallest absolute Gasteiger partial charge is 0.314 e. The third-order valence-electron chi connectivity index (χ3n) is 7.40. The van der Waals surface area contributed by atoms with Crippen molar-refractivity contribution < 1.29 is 14.3 Å². The predicted molar refractivity (Wildman–Crippen MR) is 113 cm³/mol. The van der Waals surface area contributed by atoms with Gasteiger partial charge in [-0.2, -0.15) is 0 Å². The van der Waals surface area contributed by atoms with E-state index in [1.165, 1.54) is 5.56 Å². The second-order valence-electron chi connectivity index (χ2n) is 8.83. The number of carboxylic acids is 1. The summed E-state index contributed by atoms with van der Waals surface area (Å²) in [6.45, 7) is 4.17. The number of hydrogen-bond acceptors (Lipinski definition) is 2. The molecule has 0 radical (unpaired) electrons. The molecule has 0 spiro atoms. The molecule has 29 heavy (non-hydrogen) atoms. The second kappa shape index (κ2) is 8.27. The molecule has 1 saturated heterocycles. The summed E-state index contributed by atoms with van der Waals surface area (Å²) in [4.78, 5) is 14.9. The van der Waals surface area contributed by atoms with Crippen LogP contribution in [0.4, 0.5) is 4.39 Å². The molecule has 3 nitrogen and oxygen atoms in total. The van der Waals surface area contributed by atoms with Gasteiger partial charge in [-0.05, 0) is 80.3 Å². The van der Waals surface area contributed by atoms with Crippen LogP contribution in [0, 0.1) is 11.7 Å². The van der Waals surface area contributed by atoms with Gasteiger partial charge in [-0.1, -0.05) is 49.4 Å². The highest BCUT2D eigenvalue weighted by Gasteiger charge is 2.49. The first-order chi connectivity index (χ1) is 14.0. The molecule has 4 rings (SSSR count). The fourth-order valence-corrected chi connectivity index (χ4v) is 5.64. The summed E-state index contributed by atoms with van der Waals surface area (Å²) < 4.78 is 13.2. The molecule has 2 aromatic carbocycles. The van der Waals surface area contributed by atoms with Crippen LogP contribution in [0.3, 0.4) is 0 Å². The summed E-state index contributed by atoms with van der Waals surface area (Å²) in [5.41, 5.74) is 1.40. The van der Waals surface area contributed by atoms with E-state index < -0.39 is 11.4 Å². The molecule has 1 aliphatic heterocycles. The van der Waals surface area contributed by atoms with Crippen molar-refractivity contribution in [3.05, 3.63) is 71.5 Å². The molecule has 3 atom stereocenters. The minimum Gasteiger partial charge on any atom is -0.481 e. The van der Waals surface area contributed by atoms with E-state index in [2.05, 4.69) is 11.8 Å². The van der Waals surface area contributed by atoms with Crippen molar-refractivity contribution in [3.8, 4) is 0 Å². The maximum absolute atomic E-state index is 13.2. The van der Waals surface area contributed by atoms with Crippen LogP contribution in [0.15, 0.2) is 54.6 Å². The quantitative estimate of drug-likeness (QED) is 0.772. The molecule has 4 heteroatoms. The van der Waals surface area contributed by atoms with E-state index in [0.717, 1.165) is 44.3 Å². The standard InChI is InChI=1S/C25H30FNO2/c1-18-17-23(11-14-25(18,24(28)29)21-5-3-2-4-6-21)27-15-12-20(13-16-27)19-7-9-22(26)10-8-19/h2-10,18,20,23H,11-17H2,1H3,(H,28,29). The average Bonchev–Trinajstić information content (AvgIpc) is 2.75. The van der Waals surface area contributed by atoms with Crippen molar-refractivity contribution in [2.75, 3.05) is 13.1 Å². The summed E-state index contributed by atoms with van der Waals surface area (Å²) in [5.74, 6) is -0.279. The minimum atomic E-state index is -0.774. The van der Waals surface area contributed by atoms with Gasteiger partial charge in [0.1, 0.15) is 5.82 Å². The van der Waals surface area contributed by atoms with E-state index in [1.54, 1.807) is 12.1 Å². The van der Waals surface area contributed by atoms with Crippen molar-refractivity contribution in [1.29, 1.82) is 0 Å². The number of likely N-dealkylation sites (tertiary alicyclic amines) is 1. The van der Waals surface area contributed by atoms with Gasteiger partial charge in [-0.25, -0.2) is 4.39 Å². The molecular formula is C25H30FNO2. The summed E-state index contributed by atoms with van der Waals surface area (Å²) in [7, 11) is 0. The van der Waals surface area contributed by atoms with Crippen molar-refractivity contribution in [1.82, 2.24) is 4.90 Å². The third-order valence-corrected chi connectivity index (χ3v) is 7.40. The number of rotatable bonds is 4. The van der Waals surface area contributed by atoms with Crippen molar-refractivity contribution >= 4 is 5.97 Å². The fourth-order valence-electron chi connectivity index (χ4n) is 5.64. The number of piperidine rings is 1. The van der Waals surface area contributed by atoms with Gasteiger partial charge in [-0.3, -0.25) is 4.79 Å². The molecule has 2 aromatic rings. The van der Waals surface area contributed by atoms with E-state index >= 15 is 0 Å². The normalized spacial score (nSPS) is 28.9. The van der Waals surface area contributed by atoms with Crippen LogP contribution >= 0.6 is 0 Å². The minimum absolute atomic E-state index is 0.0935. The van der Waals surface area contributed by atoms with Crippen LogP contribution in [0.5, 0.6) is 0 Å². The molecule has 1 saturated carbocycles. The Morgan fingerprint density at radius 3 is 2.28 bits per heavy atom. The number of hydrogen-bond donors (Lipinski definition) is 1. The Bertz CT molecular complexity index is 830. The zero-order chi connectivity index (χ0) is 20.4. The van der Waals surface area contributed by atoms with Gasteiger partial charge < -0.3 is 10.0 Å². The molecule has 0 bridgehead atoms. The highest BCUT2D eigenvalue weighted by atomic mass is 19.1. The molecule has 0 amide bonds. The Labute approximate surface area is 172 Å². The molecule has 3 unspecified atom stereocenters. The largest absolute Gasteiger partial charge is 0.481 e. The fraction of sp³-hybridized carbons (Fsp3) is 0.480. The monoisotopic (exact) mass is 395 g/mol. The maximum Gasteiger partial charge on any atom is 0.314 e. The number of nitrogens with zero attached hydrogens (tertiary/aromatic N) is 1. The lowest BCUT2D eigenvalue weighted by atomic mass is 9.61. The summed E-state index contributed by atoms with van der Waals surface area (Å²) >= 11 is 0. The van der Waals surface area contributed by atoms with Gasteiger partial charge in [0, 0.05) is 6.04 Å². The molecule has 0 aromatic heterocycles. The highest BCUT2D eigenvalue weighted by molar-refractivity contribution is 5.82. The lowest BCUT2D eigenvalue weighted by molar-refractivity contribution is -0.148. The predicted octanol–water partition coefficient (Wildman–Crippen LogP) is 5.22. The Kier molecular flexibility index (Phi) is 5.73. The molecule has 2 fully saturated rings. The zero-order valence-electron chi connectivity index (χ0n) is 17.1. The van der Waals surface area contributed by atoms with Crippen LogP contribution in [0.25, 0.3) is 0 Å². The molecule has 1 aliphatic carbocycles. The van der Waals surface area contributed by atoms with Gasteiger partial charge in [-0.15, -0.1) is 0 Å². The number of benzene rings is 2.